The number of aliphatic carboxylic acids is 1. The molecule has 1 N–H and O–H groups in total. The summed E-state index contributed by atoms with van der Waals surface area (Å²) in [7, 11) is 0. The topological polar surface area (TPSA) is 66.8 Å². The second kappa shape index (κ2) is 7.85. The van der Waals surface area contributed by atoms with Gasteiger partial charge in [0, 0.05) is 12.6 Å². The van der Waals surface area contributed by atoms with Crippen LogP contribution in [0.25, 0.3) is 0 Å². The molecule has 2 atom stereocenters. The van der Waals surface area contributed by atoms with E-state index in [4.69, 9.17) is 9.84 Å². The minimum Gasteiger partial charge on any atom is -0.478 e. The number of rotatable bonds is 4. The van der Waals surface area contributed by atoms with Crippen molar-refractivity contribution in [3.63, 3.8) is 0 Å². The first-order chi connectivity index (χ1) is 14.2. The van der Waals surface area contributed by atoms with Crippen molar-refractivity contribution in [1.29, 1.82) is 0 Å². The lowest BCUT2D eigenvalue weighted by Gasteiger charge is -2.40. The number of carbonyl (C=O) groups is 2. The van der Waals surface area contributed by atoms with Crippen LogP contribution in [0, 0.1) is 5.92 Å². The molecule has 168 valence electrons. The highest BCUT2D eigenvalue weighted by molar-refractivity contribution is 5.90. The van der Waals surface area contributed by atoms with Crippen molar-refractivity contribution in [3.05, 3.63) is 53.1 Å². The highest BCUT2D eigenvalue weighted by atomic mass is 16.6. The molecule has 0 bridgehead atoms. The van der Waals surface area contributed by atoms with Crippen molar-refractivity contribution in [2.45, 2.75) is 77.7 Å². The number of hydrogen-bond acceptors (Lipinski definition) is 3. The molecule has 1 fully saturated rings. The van der Waals surface area contributed by atoms with E-state index in [1.165, 1.54) is 17.2 Å². The number of amides is 1. The minimum absolute atomic E-state index is 0.0265. The fraction of sp³-hybridized carbons (Fsp3) is 0.538. The van der Waals surface area contributed by atoms with Crippen molar-refractivity contribution in [2.75, 3.05) is 11.4 Å². The SMILES string of the molecule is CC(C=C[C@@H]1C[C@]1(C)c1ccc2c(c1)C(C)(C)CCN2C(=O)OC(C)(C)C)=CC(=O)O. The lowest BCUT2D eigenvalue weighted by molar-refractivity contribution is -0.131. The smallest absolute Gasteiger partial charge is 0.414 e. The zero-order chi connectivity index (χ0) is 23.2. The Kier molecular flexibility index (Phi) is 5.85. The van der Waals surface area contributed by atoms with Crippen molar-refractivity contribution in [3.8, 4) is 0 Å². The fourth-order valence-corrected chi connectivity index (χ4v) is 4.34. The van der Waals surface area contributed by atoms with Crippen molar-refractivity contribution < 1.29 is 19.4 Å². The van der Waals surface area contributed by atoms with E-state index in [0.717, 1.165) is 24.1 Å². The Morgan fingerprint density at radius 2 is 1.90 bits per heavy atom. The van der Waals surface area contributed by atoms with Crippen LogP contribution in [0.15, 0.2) is 42.0 Å². The predicted molar refractivity (Wildman–Crippen MR) is 124 cm³/mol. The van der Waals surface area contributed by atoms with Gasteiger partial charge >= 0.3 is 12.1 Å². The molecule has 1 aromatic rings. The number of fused-ring (bicyclic) bond motifs is 1. The van der Waals surface area contributed by atoms with Crippen molar-refractivity contribution >= 4 is 17.7 Å². The number of hydrogen-bond donors (Lipinski definition) is 1. The third-order valence-corrected chi connectivity index (χ3v) is 6.50. The first-order valence-corrected chi connectivity index (χ1v) is 11.0. The molecule has 1 aliphatic heterocycles. The summed E-state index contributed by atoms with van der Waals surface area (Å²) in [4.78, 5) is 25.4. The molecule has 0 unspecified atom stereocenters. The van der Waals surface area contributed by atoms with Crippen LogP contribution in [0.3, 0.4) is 0 Å². The molecule has 0 aromatic heterocycles. The summed E-state index contributed by atoms with van der Waals surface area (Å²) < 4.78 is 5.64. The fourth-order valence-electron chi connectivity index (χ4n) is 4.34. The molecule has 0 spiro atoms. The molecule has 1 heterocycles. The summed E-state index contributed by atoms with van der Waals surface area (Å²) in [6.45, 7) is 14.8. The Hall–Kier alpha value is -2.56. The van der Waals surface area contributed by atoms with E-state index in [1.807, 2.05) is 26.8 Å². The van der Waals surface area contributed by atoms with Crippen LogP contribution >= 0.6 is 0 Å². The van der Waals surface area contributed by atoms with Crippen LogP contribution in [0.5, 0.6) is 0 Å². The van der Waals surface area contributed by atoms with Crippen LogP contribution in [0.4, 0.5) is 10.5 Å². The van der Waals surface area contributed by atoms with E-state index in [9.17, 15) is 9.59 Å². The molecular weight excluding hydrogens is 390 g/mol. The third-order valence-electron chi connectivity index (χ3n) is 6.50. The van der Waals surface area contributed by atoms with E-state index in [1.54, 1.807) is 11.8 Å². The molecule has 3 rings (SSSR count). The largest absolute Gasteiger partial charge is 0.478 e. The second-order valence-corrected chi connectivity index (χ2v) is 10.8. The number of anilines is 1. The van der Waals surface area contributed by atoms with Crippen molar-refractivity contribution in [1.82, 2.24) is 0 Å². The van der Waals surface area contributed by atoms with Crippen LogP contribution in [-0.4, -0.2) is 29.3 Å². The molecule has 1 aliphatic carbocycles. The van der Waals surface area contributed by atoms with Crippen LogP contribution in [-0.2, 0) is 20.4 Å². The Bertz CT molecular complexity index is 951. The average molecular weight is 426 g/mol. The van der Waals surface area contributed by atoms with Gasteiger partial charge < -0.3 is 9.84 Å². The van der Waals surface area contributed by atoms with E-state index in [0.29, 0.717) is 12.5 Å². The highest BCUT2D eigenvalue weighted by Crippen LogP contribution is 2.56. The zero-order valence-corrected chi connectivity index (χ0v) is 19.8. The summed E-state index contributed by atoms with van der Waals surface area (Å²) >= 11 is 0. The Balaban J connectivity index is 1.87. The molecule has 1 amide bonds. The van der Waals surface area contributed by atoms with Gasteiger partial charge in [-0.3, -0.25) is 4.90 Å². The summed E-state index contributed by atoms with van der Waals surface area (Å²) in [5, 5.41) is 8.88. The molecule has 31 heavy (non-hydrogen) atoms. The number of nitrogens with zero attached hydrogens (tertiary/aromatic N) is 1. The number of carbonyl (C=O) groups excluding carboxylic acids is 1. The summed E-state index contributed by atoms with van der Waals surface area (Å²) in [6, 6.07) is 6.46. The quantitative estimate of drug-likeness (QED) is 0.476. The maximum Gasteiger partial charge on any atom is 0.414 e. The maximum absolute atomic E-state index is 12.8. The van der Waals surface area contributed by atoms with Gasteiger partial charge in [0.25, 0.3) is 0 Å². The average Bonchev–Trinajstić information content (AvgIpc) is 3.29. The van der Waals surface area contributed by atoms with Crippen LogP contribution in [0.1, 0.15) is 72.4 Å². The van der Waals surface area contributed by atoms with Gasteiger partial charge in [-0.2, -0.15) is 0 Å². The van der Waals surface area contributed by atoms with Gasteiger partial charge in [0.05, 0.1) is 5.69 Å². The first kappa shape index (κ1) is 23.1. The van der Waals surface area contributed by atoms with Gasteiger partial charge in [-0.15, -0.1) is 0 Å². The Morgan fingerprint density at radius 1 is 1.23 bits per heavy atom. The predicted octanol–water partition coefficient (Wildman–Crippen LogP) is 5.97. The number of carboxylic acids is 1. The van der Waals surface area contributed by atoms with E-state index < -0.39 is 11.6 Å². The molecule has 5 nitrogen and oxygen atoms in total. The Morgan fingerprint density at radius 3 is 2.52 bits per heavy atom. The monoisotopic (exact) mass is 425 g/mol. The van der Waals surface area contributed by atoms with E-state index >= 15 is 0 Å². The molecule has 5 heteroatoms. The van der Waals surface area contributed by atoms with Gasteiger partial charge in [0.2, 0.25) is 0 Å². The van der Waals surface area contributed by atoms with Crippen LogP contribution < -0.4 is 4.90 Å². The van der Waals surface area contributed by atoms with E-state index in [-0.39, 0.29) is 16.9 Å². The molecule has 0 radical (unpaired) electrons. The normalized spacial score (nSPS) is 25.3. The molecule has 1 aromatic carbocycles. The van der Waals surface area contributed by atoms with Gasteiger partial charge in [-0.05, 0) is 80.1 Å². The highest BCUT2D eigenvalue weighted by Gasteiger charge is 2.50. The van der Waals surface area contributed by atoms with E-state index in [2.05, 4.69) is 45.0 Å². The molecule has 2 aliphatic rings. The lowest BCUT2D eigenvalue weighted by atomic mass is 9.76. The zero-order valence-electron chi connectivity index (χ0n) is 19.8. The molecular formula is C26H35NO4. The first-order valence-electron chi connectivity index (χ1n) is 11.0. The molecule has 1 saturated carbocycles. The minimum atomic E-state index is -0.924. The van der Waals surface area contributed by atoms with Gasteiger partial charge in [-0.25, -0.2) is 9.59 Å². The number of allylic oxidation sites excluding steroid dienone is 3. The summed E-state index contributed by atoms with van der Waals surface area (Å²) in [5.74, 6) is -0.552. The van der Waals surface area contributed by atoms with Crippen molar-refractivity contribution in [2.24, 2.45) is 5.92 Å². The summed E-state index contributed by atoms with van der Waals surface area (Å²) in [6.07, 6.45) is 6.85. The summed E-state index contributed by atoms with van der Waals surface area (Å²) in [5.41, 5.74) is 3.59. The van der Waals surface area contributed by atoms with Gasteiger partial charge in [-0.1, -0.05) is 45.1 Å². The van der Waals surface area contributed by atoms with Gasteiger partial charge in [0.15, 0.2) is 0 Å². The Labute approximate surface area is 185 Å². The second-order valence-electron chi connectivity index (χ2n) is 10.8. The maximum atomic E-state index is 12.8. The number of carboxylic acid groups (broad SMARTS) is 1. The standard InChI is InChI=1S/C26H35NO4/c1-17(14-22(28)29)8-9-19-16-26(19,7)18-10-11-21-20(15-18)25(5,6)12-13-27(21)23(30)31-24(2,3)4/h8-11,14-15,19H,12-13,16H2,1-7H3,(H,28,29)/t19-,26-/m1/s1. The van der Waals surface area contributed by atoms with Gasteiger partial charge in [0.1, 0.15) is 5.60 Å². The number of benzene rings is 1. The lowest BCUT2D eigenvalue weighted by Crippen LogP contribution is -2.43. The third kappa shape index (κ3) is 5.03. The van der Waals surface area contributed by atoms with Crippen LogP contribution in [0.2, 0.25) is 0 Å². The molecule has 0 saturated heterocycles. The number of ether oxygens (including phenoxy) is 1.